The minimum Gasteiger partial charge on any atom is -0.481 e. The summed E-state index contributed by atoms with van der Waals surface area (Å²) >= 11 is 1.30. The van der Waals surface area contributed by atoms with Gasteiger partial charge in [-0.1, -0.05) is 6.92 Å². The van der Waals surface area contributed by atoms with E-state index in [-0.39, 0.29) is 11.6 Å². The summed E-state index contributed by atoms with van der Waals surface area (Å²) < 4.78 is 15.3. The Morgan fingerprint density at radius 2 is 2.32 bits per heavy atom. The average Bonchev–Trinajstić information content (AvgIpc) is 2.68. The van der Waals surface area contributed by atoms with Crippen molar-refractivity contribution in [2.75, 3.05) is 5.75 Å². The fourth-order valence-corrected chi connectivity index (χ4v) is 2.64. The molecule has 1 N–H and O–H groups in total. The molecule has 1 aromatic heterocycles. The summed E-state index contributed by atoms with van der Waals surface area (Å²) in [6.45, 7) is 2.79. The summed E-state index contributed by atoms with van der Waals surface area (Å²) in [6.07, 6.45) is 0.915. The van der Waals surface area contributed by atoms with Crippen molar-refractivity contribution in [3.05, 3.63) is 29.8 Å². The van der Waals surface area contributed by atoms with Gasteiger partial charge in [0.2, 0.25) is 0 Å². The molecule has 0 radical (unpaired) electrons. The van der Waals surface area contributed by atoms with E-state index in [4.69, 9.17) is 5.11 Å². The molecule has 0 unspecified atom stereocenters. The zero-order chi connectivity index (χ0) is 13.8. The Morgan fingerprint density at radius 3 is 3.00 bits per heavy atom. The van der Waals surface area contributed by atoms with Crippen LogP contribution in [-0.4, -0.2) is 26.4 Å². The van der Waals surface area contributed by atoms with Crippen molar-refractivity contribution >= 4 is 28.8 Å². The van der Waals surface area contributed by atoms with Gasteiger partial charge < -0.3 is 9.67 Å². The van der Waals surface area contributed by atoms with E-state index in [1.54, 1.807) is 6.07 Å². The molecule has 4 nitrogen and oxygen atoms in total. The number of nitrogens with zero attached hydrogens (tertiary/aromatic N) is 2. The van der Waals surface area contributed by atoms with E-state index in [2.05, 4.69) is 4.98 Å². The van der Waals surface area contributed by atoms with Gasteiger partial charge in [-0.25, -0.2) is 9.37 Å². The number of hydrogen-bond donors (Lipinski definition) is 1. The molecule has 0 aliphatic carbocycles. The molecule has 0 atom stereocenters. The van der Waals surface area contributed by atoms with E-state index in [9.17, 15) is 9.18 Å². The molecule has 1 aromatic carbocycles. The molecular weight excluding hydrogens is 267 g/mol. The highest BCUT2D eigenvalue weighted by Crippen LogP contribution is 2.21. The van der Waals surface area contributed by atoms with E-state index < -0.39 is 5.97 Å². The number of aromatic nitrogens is 2. The Balaban J connectivity index is 2.30. The first-order valence-corrected chi connectivity index (χ1v) is 7.21. The second-order valence-corrected chi connectivity index (χ2v) is 5.18. The molecule has 0 fully saturated rings. The van der Waals surface area contributed by atoms with Crippen LogP contribution < -0.4 is 0 Å². The van der Waals surface area contributed by atoms with Crippen LogP contribution in [-0.2, 0) is 17.1 Å². The van der Waals surface area contributed by atoms with Gasteiger partial charge in [-0.05, 0) is 24.6 Å². The average molecular weight is 282 g/mol. The number of benzene rings is 1. The predicted molar refractivity (Wildman–Crippen MR) is 73.8 cm³/mol. The van der Waals surface area contributed by atoms with E-state index in [0.717, 1.165) is 29.8 Å². The fourth-order valence-electron chi connectivity index (χ4n) is 1.96. The number of carboxylic acids is 1. The Labute approximate surface area is 114 Å². The lowest BCUT2D eigenvalue weighted by molar-refractivity contribution is -0.133. The maximum absolute atomic E-state index is 13.3. The lowest BCUT2D eigenvalue weighted by Crippen LogP contribution is -2.04. The van der Waals surface area contributed by atoms with Crippen LogP contribution in [0.5, 0.6) is 0 Å². The molecule has 0 aliphatic heterocycles. The quantitative estimate of drug-likeness (QED) is 0.885. The number of rotatable bonds is 6. The van der Waals surface area contributed by atoms with E-state index in [0.29, 0.717) is 5.75 Å². The van der Waals surface area contributed by atoms with E-state index in [1.165, 1.54) is 23.9 Å². The molecule has 0 bridgehead atoms. The van der Waals surface area contributed by atoms with Crippen molar-refractivity contribution in [2.45, 2.75) is 25.6 Å². The number of aliphatic carboxylic acids is 1. The highest BCUT2D eigenvalue weighted by molar-refractivity contribution is 7.99. The molecule has 0 aliphatic rings. The zero-order valence-electron chi connectivity index (χ0n) is 10.6. The summed E-state index contributed by atoms with van der Waals surface area (Å²) in [5, 5.41) is 8.64. The minimum atomic E-state index is -0.839. The monoisotopic (exact) mass is 282 g/mol. The van der Waals surface area contributed by atoms with E-state index >= 15 is 0 Å². The van der Waals surface area contributed by atoms with Crippen LogP contribution in [0.25, 0.3) is 11.0 Å². The lowest BCUT2D eigenvalue weighted by atomic mass is 10.3. The Kier molecular flexibility index (Phi) is 4.42. The fraction of sp³-hybridized carbons (Fsp3) is 0.385. The second kappa shape index (κ2) is 6.06. The first-order valence-electron chi connectivity index (χ1n) is 6.06. The van der Waals surface area contributed by atoms with Crippen LogP contribution in [0.4, 0.5) is 4.39 Å². The first kappa shape index (κ1) is 13.9. The topological polar surface area (TPSA) is 55.1 Å². The van der Waals surface area contributed by atoms with Gasteiger partial charge in [0.15, 0.2) is 0 Å². The normalized spacial score (nSPS) is 11.1. The lowest BCUT2D eigenvalue weighted by Gasteiger charge is -2.06. The van der Waals surface area contributed by atoms with Crippen molar-refractivity contribution in [1.82, 2.24) is 9.55 Å². The van der Waals surface area contributed by atoms with Gasteiger partial charge in [0.1, 0.15) is 11.6 Å². The van der Waals surface area contributed by atoms with Gasteiger partial charge >= 0.3 is 5.97 Å². The molecule has 19 heavy (non-hydrogen) atoms. The summed E-state index contributed by atoms with van der Waals surface area (Å²) in [7, 11) is 0. The number of carboxylic acid groups (broad SMARTS) is 1. The highest BCUT2D eigenvalue weighted by atomic mass is 32.2. The molecule has 6 heteroatoms. The molecule has 0 amide bonds. The summed E-state index contributed by atoms with van der Waals surface area (Å²) in [4.78, 5) is 15.0. The third-order valence-electron chi connectivity index (χ3n) is 2.69. The number of imidazole rings is 1. The van der Waals surface area contributed by atoms with Gasteiger partial charge in [0, 0.05) is 6.54 Å². The van der Waals surface area contributed by atoms with Crippen LogP contribution in [0.1, 0.15) is 19.2 Å². The number of fused-ring (bicyclic) bond motifs is 1. The number of halogens is 1. The van der Waals surface area contributed by atoms with Crippen LogP contribution in [0.15, 0.2) is 18.2 Å². The smallest absolute Gasteiger partial charge is 0.313 e. The molecule has 0 spiro atoms. The van der Waals surface area contributed by atoms with Crippen LogP contribution >= 0.6 is 11.8 Å². The van der Waals surface area contributed by atoms with Crippen molar-refractivity contribution < 1.29 is 14.3 Å². The highest BCUT2D eigenvalue weighted by Gasteiger charge is 2.11. The standard InChI is InChI=1S/C13H15FN2O2S/c1-2-5-16-11-6-9(14)3-4-10(11)15-12(16)7-19-8-13(17)18/h3-4,6H,2,5,7-8H2,1H3,(H,17,18). The van der Waals surface area contributed by atoms with Gasteiger partial charge in [-0.2, -0.15) is 0 Å². The summed E-state index contributed by atoms with van der Waals surface area (Å²) in [6, 6.07) is 4.52. The Hall–Kier alpha value is -1.56. The van der Waals surface area contributed by atoms with Crippen molar-refractivity contribution in [3.8, 4) is 0 Å². The van der Waals surface area contributed by atoms with Gasteiger partial charge in [-0.15, -0.1) is 11.8 Å². The first-order chi connectivity index (χ1) is 9.11. The SMILES string of the molecule is CCCn1c(CSCC(=O)O)nc2ccc(F)cc21. The predicted octanol–water partition coefficient (Wildman–Crippen LogP) is 2.90. The maximum Gasteiger partial charge on any atom is 0.313 e. The number of carbonyl (C=O) groups is 1. The number of hydrogen-bond acceptors (Lipinski definition) is 3. The van der Waals surface area contributed by atoms with Crippen LogP contribution in [0.2, 0.25) is 0 Å². The van der Waals surface area contributed by atoms with Gasteiger partial charge in [-0.3, -0.25) is 4.79 Å². The van der Waals surface area contributed by atoms with Gasteiger partial charge in [0.05, 0.1) is 22.5 Å². The molecule has 102 valence electrons. The molecule has 0 saturated heterocycles. The van der Waals surface area contributed by atoms with Gasteiger partial charge in [0.25, 0.3) is 0 Å². The molecule has 2 aromatic rings. The van der Waals surface area contributed by atoms with Crippen LogP contribution in [0.3, 0.4) is 0 Å². The minimum absolute atomic E-state index is 0.0453. The number of thioether (sulfide) groups is 1. The van der Waals surface area contributed by atoms with Crippen LogP contribution in [0, 0.1) is 5.82 Å². The maximum atomic E-state index is 13.3. The Morgan fingerprint density at radius 1 is 1.53 bits per heavy atom. The largest absolute Gasteiger partial charge is 0.481 e. The molecule has 2 rings (SSSR count). The third-order valence-corrected chi connectivity index (χ3v) is 3.61. The zero-order valence-corrected chi connectivity index (χ0v) is 11.4. The Bertz CT molecular complexity index is 598. The van der Waals surface area contributed by atoms with Crippen molar-refractivity contribution in [1.29, 1.82) is 0 Å². The second-order valence-electron chi connectivity index (χ2n) is 4.20. The summed E-state index contributed by atoms with van der Waals surface area (Å²) in [5.74, 6) is 0.240. The summed E-state index contributed by atoms with van der Waals surface area (Å²) in [5.41, 5.74) is 1.52. The molecular formula is C13H15FN2O2S. The molecule has 0 saturated carbocycles. The molecule has 1 heterocycles. The third kappa shape index (κ3) is 3.26. The van der Waals surface area contributed by atoms with E-state index in [1.807, 2.05) is 11.5 Å². The van der Waals surface area contributed by atoms with Crippen molar-refractivity contribution in [3.63, 3.8) is 0 Å². The van der Waals surface area contributed by atoms with Crippen molar-refractivity contribution in [2.24, 2.45) is 0 Å². The number of aryl methyl sites for hydroxylation is 1.